The summed E-state index contributed by atoms with van der Waals surface area (Å²) in [6.07, 6.45) is 4.39. The van der Waals surface area contributed by atoms with Crippen molar-refractivity contribution >= 4 is 12.4 Å². The minimum Gasteiger partial charge on any atom is -0.472 e. The van der Waals surface area contributed by atoms with Gasteiger partial charge in [0.25, 0.3) is 0 Å². The molecule has 2 N–H and O–H groups in total. The van der Waals surface area contributed by atoms with Gasteiger partial charge in [-0.25, -0.2) is 0 Å². The van der Waals surface area contributed by atoms with Crippen LogP contribution in [0.5, 0.6) is 0 Å². The highest BCUT2D eigenvalue weighted by atomic mass is 35.5. The second kappa shape index (κ2) is 5.22. The van der Waals surface area contributed by atoms with Crippen molar-refractivity contribution in [2.45, 2.75) is 26.3 Å². The second-order valence-electron chi connectivity index (χ2n) is 3.29. The van der Waals surface area contributed by atoms with Crippen molar-refractivity contribution < 1.29 is 4.42 Å². The van der Waals surface area contributed by atoms with Gasteiger partial charge < -0.3 is 10.2 Å². The van der Waals surface area contributed by atoms with E-state index in [4.69, 9.17) is 10.2 Å². The van der Waals surface area contributed by atoms with Crippen LogP contribution in [0.2, 0.25) is 0 Å². The molecule has 1 aromatic rings. The summed E-state index contributed by atoms with van der Waals surface area (Å²) in [5.41, 5.74) is 6.98. The van der Waals surface area contributed by atoms with Gasteiger partial charge in [0.2, 0.25) is 0 Å². The molecule has 0 saturated heterocycles. The molecular formula is C9H16ClNO. The summed E-state index contributed by atoms with van der Waals surface area (Å²) < 4.78 is 4.94. The zero-order valence-electron chi connectivity index (χ0n) is 7.49. The number of nitrogens with two attached hydrogens (primary N) is 1. The Morgan fingerprint density at radius 2 is 2.17 bits per heavy atom. The molecular weight excluding hydrogens is 174 g/mol. The van der Waals surface area contributed by atoms with Gasteiger partial charge in [0, 0.05) is 11.6 Å². The molecule has 0 spiro atoms. The van der Waals surface area contributed by atoms with E-state index in [0.29, 0.717) is 5.92 Å². The van der Waals surface area contributed by atoms with Crippen molar-refractivity contribution in [3.05, 3.63) is 24.2 Å². The fourth-order valence-electron chi connectivity index (χ4n) is 1.13. The highest BCUT2D eigenvalue weighted by Crippen LogP contribution is 2.18. The first-order valence-electron chi connectivity index (χ1n) is 3.98. The van der Waals surface area contributed by atoms with Crippen LogP contribution in [0.15, 0.2) is 23.0 Å². The SMILES string of the molecule is CC(C)C[C@@H](N)c1ccoc1.Cl. The highest BCUT2D eigenvalue weighted by Gasteiger charge is 2.08. The first kappa shape index (κ1) is 11.5. The van der Waals surface area contributed by atoms with Crippen LogP contribution in [0.3, 0.4) is 0 Å². The lowest BCUT2D eigenvalue weighted by atomic mass is 10.0. The molecule has 3 heteroatoms. The van der Waals surface area contributed by atoms with Crippen LogP contribution in [0.4, 0.5) is 0 Å². The van der Waals surface area contributed by atoms with Gasteiger partial charge in [-0.1, -0.05) is 13.8 Å². The van der Waals surface area contributed by atoms with Crippen LogP contribution in [-0.2, 0) is 0 Å². The molecule has 2 nitrogen and oxygen atoms in total. The zero-order chi connectivity index (χ0) is 8.27. The maximum Gasteiger partial charge on any atom is 0.0950 e. The Morgan fingerprint density at radius 3 is 2.58 bits per heavy atom. The molecule has 70 valence electrons. The third kappa shape index (κ3) is 3.28. The molecule has 1 rings (SSSR count). The third-order valence-corrected chi connectivity index (χ3v) is 1.70. The average Bonchev–Trinajstić information content (AvgIpc) is 2.35. The van der Waals surface area contributed by atoms with E-state index in [0.717, 1.165) is 12.0 Å². The van der Waals surface area contributed by atoms with E-state index in [1.165, 1.54) is 0 Å². The number of hydrogen-bond acceptors (Lipinski definition) is 2. The Kier molecular flexibility index (Phi) is 5.02. The zero-order valence-corrected chi connectivity index (χ0v) is 8.30. The van der Waals surface area contributed by atoms with E-state index in [-0.39, 0.29) is 18.4 Å². The first-order valence-corrected chi connectivity index (χ1v) is 3.98. The Hall–Kier alpha value is -0.470. The predicted molar refractivity (Wildman–Crippen MR) is 52.3 cm³/mol. The Balaban J connectivity index is 0.00000121. The van der Waals surface area contributed by atoms with Crippen LogP contribution in [0.1, 0.15) is 31.9 Å². The Bertz CT molecular complexity index is 196. The van der Waals surface area contributed by atoms with Crippen molar-refractivity contribution in [3.8, 4) is 0 Å². The number of furan rings is 1. The summed E-state index contributed by atoms with van der Waals surface area (Å²) in [6.45, 7) is 4.33. The van der Waals surface area contributed by atoms with Gasteiger partial charge in [-0.3, -0.25) is 0 Å². The summed E-state index contributed by atoms with van der Waals surface area (Å²) in [4.78, 5) is 0. The quantitative estimate of drug-likeness (QED) is 0.794. The highest BCUT2D eigenvalue weighted by molar-refractivity contribution is 5.85. The van der Waals surface area contributed by atoms with E-state index in [2.05, 4.69) is 13.8 Å². The van der Waals surface area contributed by atoms with E-state index in [9.17, 15) is 0 Å². The smallest absolute Gasteiger partial charge is 0.0950 e. The summed E-state index contributed by atoms with van der Waals surface area (Å²) in [7, 11) is 0. The molecule has 0 aliphatic heterocycles. The van der Waals surface area contributed by atoms with E-state index >= 15 is 0 Å². The van der Waals surface area contributed by atoms with Crippen molar-refractivity contribution in [2.24, 2.45) is 11.7 Å². The second-order valence-corrected chi connectivity index (χ2v) is 3.29. The molecule has 0 bridgehead atoms. The van der Waals surface area contributed by atoms with Gasteiger partial charge in [-0.2, -0.15) is 0 Å². The maximum atomic E-state index is 5.88. The standard InChI is InChI=1S/C9H15NO.ClH/c1-7(2)5-9(10)8-3-4-11-6-8;/h3-4,6-7,9H,5,10H2,1-2H3;1H/t9-;/m1./s1. The van der Waals surface area contributed by atoms with Crippen LogP contribution >= 0.6 is 12.4 Å². The van der Waals surface area contributed by atoms with Crippen molar-refractivity contribution in [1.82, 2.24) is 0 Å². The van der Waals surface area contributed by atoms with Gasteiger partial charge in [0.05, 0.1) is 12.5 Å². The molecule has 1 atom stereocenters. The minimum absolute atomic E-state index is 0. The summed E-state index contributed by atoms with van der Waals surface area (Å²) in [5.74, 6) is 0.639. The Morgan fingerprint density at radius 1 is 1.50 bits per heavy atom. The van der Waals surface area contributed by atoms with Crippen molar-refractivity contribution in [1.29, 1.82) is 0 Å². The molecule has 0 aliphatic rings. The molecule has 12 heavy (non-hydrogen) atoms. The van der Waals surface area contributed by atoms with Crippen LogP contribution in [0.25, 0.3) is 0 Å². The van der Waals surface area contributed by atoms with Gasteiger partial charge in [-0.05, 0) is 18.4 Å². The fourth-order valence-corrected chi connectivity index (χ4v) is 1.13. The maximum absolute atomic E-state index is 5.88. The average molecular weight is 190 g/mol. The number of rotatable bonds is 3. The van der Waals surface area contributed by atoms with Gasteiger partial charge >= 0.3 is 0 Å². The van der Waals surface area contributed by atoms with E-state index < -0.39 is 0 Å². The van der Waals surface area contributed by atoms with E-state index in [1.807, 2.05) is 6.07 Å². The monoisotopic (exact) mass is 189 g/mol. The first-order chi connectivity index (χ1) is 5.20. The molecule has 0 unspecified atom stereocenters. The molecule has 1 heterocycles. The van der Waals surface area contributed by atoms with E-state index in [1.54, 1.807) is 12.5 Å². The molecule has 0 aliphatic carbocycles. The number of hydrogen-bond donors (Lipinski definition) is 1. The van der Waals surface area contributed by atoms with Gasteiger partial charge in [-0.15, -0.1) is 12.4 Å². The molecule has 1 aromatic heterocycles. The van der Waals surface area contributed by atoms with Crippen LogP contribution in [-0.4, -0.2) is 0 Å². The molecule has 0 aromatic carbocycles. The topological polar surface area (TPSA) is 39.2 Å². The van der Waals surface area contributed by atoms with Crippen molar-refractivity contribution in [3.63, 3.8) is 0 Å². The Labute approximate surface area is 79.5 Å². The van der Waals surface area contributed by atoms with Gasteiger partial charge in [0.1, 0.15) is 0 Å². The largest absolute Gasteiger partial charge is 0.472 e. The molecule has 0 fully saturated rings. The lowest BCUT2D eigenvalue weighted by molar-refractivity contribution is 0.500. The number of halogens is 1. The fraction of sp³-hybridized carbons (Fsp3) is 0.556. The summed E-state index contributed by atoms with van der Waals surface area (Å²) in [5, 5.41) is 0. The summed E-state index contributed by atoms with van der Waals surface area (Å²) >= 11 is 0. The van der Waals surface area contributed by atoms with Crippen LogP contribution in [0, 0.1) is 5.92 Å². The summed E-state index contributed by atoms with van der Waals surface area (Å²) in [6, 6.07) is 2.06. The van der Waals surface area contributed by atoms with Gasteiger partial charge in [0.15, 0.2) is 0 Å². The minimum atomic E-state index is 0. The predicted octanol–water partition coefficient (Wildman–Crippen LogP) is 2.75. The lowest BCUT2D eigenvalue weighted by Gasteiger charge is -2.11. The molecule has 0 radical (unpaired) electrons. The molecule has 0 saturated carbocycles. The van der Waals surface area contributed by atoms with Crippen LogP contribution < -0.4 is 5.73 Å². The molecule has 0 amide bonds. The third-order valence-electron chi connectivity index (χ3n) is 1.70. The van der Waals surface area contributed by atoms with Crippen molar-refractivity contribution in [2.75, 3.05) is 0 Å². The normalized spacial score (nSPS) is 12.7. The lowest BCUT2D eigenvalue weighted by Crippen LogP contribution is -2.11.